The molecule has 3 heteroatoms. The molecule has 1 heterocycles. The first-order valence-electron chi connectivity index (χ1n) is 9.60. The van der Waals surface area contributed by atoms with Crippen molar-refractivity contribution < 1.29 is 0 Å². The number of benzene rings is 3. The smallest absolute Gasteiger partial charge is 0.0552 e. The van der Waals surface area contributed by atoms with Crippen molar-refractivity contribution in [3.8, 4) is 0 Å². The predicted octanol–water partition coefficient (Wildman–Crippen LogP) is 6.09. The van der Waals surface area contributed by atoms with Gasteiger partial charge in [-0.1, -0.05) is 78.9 Å². The zero-order chi connectivity index (χ0) is 18.9. The van der Waals surface area contributed by atoms with Crippen molar-refractivity contribution in [2.24, 2.45) is 0 Å². The van der Waals surface area contributed by atoms with Gasteiger partial charge in [0.25, 0.3) is 0 Å². The second kappa shape index (κ2) is 7.25. The Morgan fingerprint density at radius 3 is 2.46 bits per heavy atom. The molecular weight excluding hydrogens is 360 g/mol. The van der Waals surface area contributed by atoms with Crippen LogP contribution in [0.3, 0.4) is 0 Å². The van der Waals surface area contributed by atoms with Crippen LogP contribution in [0.4, 0.5) is 11.4 Å². The van der Waals surface area contributed by atoms with E-state index in [0.717, 1.165) is 22.0 Å². The number of hydrogen-bond acceptors (Lipinski definition) is 3. The van der Waals surface area contributed by atoms with Gasteiger partial charge in [-0.15, -0.1) is 11.8 Å². The van der Waals surface area contributed by atoms with Crippen LogP contribution in [0.25, 0.3) is 5.57 Å². The van der Waals surface area contributed by atoms with Crippen LogP contribution < -0.4 is 11.1 Å². The molecule has 5 rings (SSSR count). The first-order chi connectivity index (χ1) is 13.8. The molecular formula is C25H22N2S. The number of nitrogen functional groups attached to an aromatic ring is 1. The molecule has 0 saturated carbocycles. The SMILES string of the molecule is Nc1cc2c(cc1SCc1ccccc1)C1C=C(c3ccccc3)C=CC1N2. The van der Waals surface area contributed by atoms with Gasteiger partial charge in [0.2, 0.25) is 0 Å². The van der Waals surface area contributed by atoms with Gasteiger partial charge in [0, 0.05) is 27.9 Å². The van der Waals surface area contributed by atoms with Gasteiger partial charge >= 0.3 is 0 Å². The highest BCUT2D eigenvalue weighted by atomic mass is 32.2. The minimum atomic E-state index is 0.302. The van der Waals surface area contributed by atoms with Gasteiger partial charge in [-0.3, -0.25) is 0 Å². The minimum Gasteiger partial charge on any atom is -0.398 e. The van der Waals surface area contributed by atoms with Crippen molar-refractivity contribution in [1.82, 2.24) is 0 Å². The molecule has 3 N–H and O–H groups in total. The molecule has 3 aromatic rings. The Labute approximate surface area is 170 Å². The molecule has 2 atom stereocenters. The maximum absolute atomic E-state index is 6.37. The summed E-state index contributed by atoms with van der Waals surface area (Å²) in [7, 11) is 0. The highest BCUT2D eigenvalue weighted by Gasteiger charge is 2.32. The molecule has 0 fully saturated rings. The molecule has 138 valence electrons. The summed E-state index contributed by atoms with van der Waals surface area (Å²) in [5.41, 5.74) is 13.6. The Morgan fingerprint density at radius 1 is 0.929 bits per heavy atom. The Bertz CT molecular complexity index is 1050. The van der Waals surface area contributed by atoms with Crippen LogP contribution in [0.1, 0.15) is 22.6 Å². The highest BCUT2D eigenvalue weighted by molar-refractivity contribution is 7.98. The average molecular weight is 383 g/mol. The van der Waals surface area contributed by atoms with Crippen molar-refractivity contribution >= 4 is 28.7 Å². The molecule has 1 aliphatic carbocycles. The normalized spacial score (nSPS) is 19.5. The Balaban J connectivity index is 1.44. The molecule has 3 aromatic carbocycles. The summed E-state index contributed by atoms with van der Waals surface area (Å²) in [6.45, 7) is 0. The van der Waals surface area contributed by atoms with Crippen molar-refractivity contribution in [2.45, 2.75) is 22.6 Å². The van der Waals surface area contributed by atoms with Gasteiger partial charge in [-0.2, -0.15) is 0 Å². The second-order valence-corrected chi connectivity index (χ2v) is 8.31. The summed E-state index contributed by atoms with van der Waals surface area (Å²) in [5, 5.41) is 3.63. The van der Waals surface area contributed by atoms with Crippen molar-refractivity contribution in [3.05, 3.63) is 108 Å². The molecule has 0 amide bonds. The number of fused-ring (bicyclic) bond motifs is 3. The van der Waals surface area contributed by atoms with Crippen LogP contribution >= 0.6 is 11.8 Å². The van der Waals surface area contributed by atoms with E-state index in [-0.39, 0.29) is 0 Å². The Hall–Kier alpha value is -2.91. The predicted molar refractivity (Wildman–Crippen MR) is 121 cm³/mol. The third-order valence-corrected chi connectivity index (χ3v) is 6.58. The van der Waals surface area contributed by atoms with Crippen molar-refractivity contribution in [1.29, 1.82) is 0 Å². The van der Waals surface area contributed by atoms with Crippen LogP contribution in [0, 0.1) is 0 Å². The molecule has 2 aliphatic rings. The van der Waals surface area contributed by atoms with Gasteiger partial charge in [0.15, 0.2) is 0 Å². The zero-order valence-corrected chi connectivity index (χ0v) is 16.3. The van der Waals surface area contributed by atoms with E-state index in [1.165, 1.54) is 22.3 Å². The lowest BCUT2D eigenvalue weighted by atomic mass is 9.86. The molecule has 1 aliphatic heterocycles. The monoisotopic (exact) mass is 382 g/mol. The first kappa shape index (κ1) is 17.2. The molecule has 28 heavy (non-hydrogen) atoms. The molecule has 0 radical (unpaired) electrons. The van der Waals surface area contributed by atoms with E-state index in [1.807, 2.05) is 11.8 Å². The summed E-state index contributed by atoms with van der Waals surface area (Å²) in [5.74, 6) is 1.27. The topological polar surface area (TPSA) is 38.0 Å². The summed E-state index contributed by atoms with van der Waals surface area (Å²) >= 11 is 1.81. The standard InChI is InChI=1S/C25H22N2S/c26-22-15-24-21(14-25(22)28-16-17-7-3-1-4-8-17)20-13-19(11-12-23(20)27-24)18-9-5-2-6-10-18/h1-15,20,23,27H,16,26H2. The number of rotatable bonds is 4. The fourth-order valence-electron chi connectivity index (χ4n) is 3.98. The van der Waals surface area contributed by atoms with E-state index in [1.54, 1.807) is 0 Å². The van der Waals surface area contributed by atoms with E-state index >= 15 is 0 Å². The molecule has 0 saturated heterocycles. The Morgan fingerprint density at radius 2 is 1.68 bits per heavy atom. The molecule has 0 spiro atoms. The second-order valence-electron chi connectivity index (χ2n) is 7.29. The fraction of sp³-hybridized carbons (Fsp3) is 0.120. The lowest BCUT2D eigenvalue weighted by Crippen LogP contribution is -2.18. The quantitative estimate of drug-likeness (QED) is 0.423. The van der Waals surface area contributed by atoms with Crippen LogP contribution in [-0.2, 0) is 5.75 Å². The van der Waals surface area contributed by atoms with Crippen molar-refractivity contribution in [2.75, 3.05) is 11.1 Å². The number of anilines is 2. The molecule has 2 nitrogen and oxygen atoms in total. The Kier molecular flexibility index (Phi) is 4.46. The number of allylic oxidation sites excluding steroid dienone is 2. The highest BCUT2D eigenvalue weighted by Crippen LogP contribution is 2.45. The zero-order valence-electron chi connectivity index (χ0n) is 15.5. The van der Waals surface area contributed by atoms with Gasteiger partial charge in [0.1, 0.15) is 0 Å². The lowest BCUT2D eigenvalue weighted by molar-refractivity contribution is 0.807. The molecule has 0 aromatic heterocycles. The third kappa shape index (κ3) is 3.23. The summed E-state index contributed by atoms with van der Waals surface area (Å²) in [6, 6.07) is 25.8. The van der Waals surface area contributed by atoms with Crippen LogP contribution in [0.2, 0.25) is 0 Å². The van der Waals surface area contributed by atoms with Crippen LogP contribution in [-0.4, -0.2) is 6.04 Å². The van der Waals surface area contributed by atoms with E-state index in [2.05, 4.69) is 96.3 Å². The maximum Gasteiger partial charge on any atom is 0.0552 e. The fourth-order valence-corrected chi connectivity index (χ4v) is 4.93. The van der Waals surface area contributed by atoms with E-state index in [9.17, 15) is 0 Å². The largest absolute Gasteiger partial charge is 0.398 e. The average Bonchev–Trinajstić information content (AvgIpc) is 3.09. The van der Waals surface area contributed by atoms with E-state index in [0.29, 0.717) is 12.0 Å². The third-order valence-electron chi connectivity index (χ3n) is 5.44. The van der Waals surface area contributed by atoms with Crippen molar-refractivity contribution in [3.63, 3.8) is 0 Å². The van der Waals surface area contributed by atoms with E-state index < -0.39 is 0 Å². The number of nitrogens with two attached hydrogens (primary N) is 1. The van der Waals surface area contributed by atoms with Gasteiger partial charge in [0.05, 0.1) is 6.04 Å². The van der Waals surface area contributed by atoms with Gasteiger partial charge in [-0.05, 0) is 34.4 Å². The van der Waals surface area contributed by atoms with Crippen LogP contribution in [0.5, 0.6) is 0 Å². The first-order valence-corrected chi connectivity index (χ1v) is 10.6. The van der Waals surface area contributed by atoms with Crippen LogP contribution in [0.15, 0.2) is 95.9 Å². The summed E-state index contributed by atoms with van der Waals surface area (Å²) in [6.07, 6.45) is 6.89. The molecule has 2 unspecified atom stereocenters. The summed E-state index contributed by atoms with van der Waals surface area (Å²) < 4.78 is 0. The number of thioether (sulfide) groups is 1. The lowest BCUT2D eigenvalue weighted by Gasteiger charge is -2.20. The van der Waals surface area contributed by atoms with E-state index in [4.69, 9.17) is 5.73 Å². The minimum absolute atomic E-state index is 0.302. The molecule has 0 bridgehead atoms. The number of nitrogens with one attached hydrogen (secondary N) is 1. The number of hydrogen-bond donors (Lipinski definition) is 2. The maximum atomic E-state index is 6.37. The van der Waals surface area contributed by atoms with Gasteiger partial charge < -0.3 is 11.1 Å². The summed E-state index contributed by atoms with van der Waals surface area (Å²) in [4.78, 5) is 1.16. The van der Waals surface area contributed by atoms with Gasteiger partial charge in [-0.25, -0.2) is 0 Å².